The maximum absolute atomic E-state index is 14.4. The van der Waals surface area contributed by atoms with Gasteiger partial charge in [0.1, 0.15) is 0 Å². The Morgan fingerprint density at radius 3 is 2.26 bits per heavy atom. The van der Waals surface area contributed by atoms with Gasteiger partial charge in [0.2, 0.25) is 5.91 Å². The molecule has 0 radical (unpaired) electrons. The number of benzene rings is 2. The van der Waals surface area contributed by atoms with Crippen LogP contribution < -0.4 is 0 Å². The van der Waals surface area contributed by atoms with E-state index in [1.165, 1.54) is 11.0 Å². The van der Waals surface area contributed by atoms with Crippen LogP contribution in [0.5, 0.6) is 0 Å². The molecule has 2 saturated heterocycles. The molecule has 3 amide bonds. The second-order valence-corrected chi connectivity index (χ2v) is 12.6. The SMILES string of the molecule is C=CCC1(CC=C)C[C@H]2[C@H](c3cc(C)ccc3C)N(C(=O)N(C)[C@H](C)c3cc(C(C)C)cc(C(F)(F)F)c3)CCN2C1=O. The minimum Gasteiger partial charge on any atom is -0.335 e. The first-order chi connectivity index (χ1) is 20.1. The lowest BCUT2D eigenvalue weighted by Gasteiger charge is -2.47. The highest BCUT2D eigenvalue weighted by atomic mass is 19.4. The predicted octanol–water partition coefficient (Wildman–Crippen LogP) is 8.35. The highest BCUT2D eigenvalue weighted by Gasteiger charge is 2.56. The minimum absolute atomic E-state index is 0.0617. The first-order valence-corrected chi connectivity index (χ1v) is 15.0. The number of piperazine rings is 1. The standard InChI is InChI=1S/C35H44F3N3O2/c1-9-13-34(14-10-2)21-30-31(29-17-23(5)11-12-24(29)6)41(16-15-40(30)32(34)42)33(43)39(8)25(7)27-18-26(22(3)4)19-28(20-27)35(36,37)38/h9-12,17-20,22,25,30-31H,1-2,13-16,21H2,3-8H3/t25-,30+,31+/m1/s1. The molecule has 3 atom stereocenters. The van der Waals surface area contributed by atoms with Gasteiger partial charge in [-0.2, -0.15) is 13.2 Å². The van der Waals surface area contributed by atoms with Crippen molar-refractivity contribution in [2.45, 2.75) is 84.1 Å². The van der Waals surface area contributed by atoms with Gasteiger partial charge in [0, 0.05) is 20.1 Å². The van der Waals surface area contributed by atoms with Gasteiger partial charge in [0.15, 0.2) is 0 Å². The smallest absolute Gasteiger partial charge is 0.335 e. The number of fused-ring (bicyclic) bond motifs is 1. The summed E-state index contributed by atoms with van der Waals surface area (Å²) in [6.07, 6.45) is 0.657. The van der Waals surface area contributed by atoms with Crippen LogP contribution in [0.4, 0.5) is 18.0 Å². The number of amides is 3. The summed E-state index contributed by atoms with van der Waals surface area (Å²) in [4.78, 5) is 33.5. The molecule has 2 aromatic carbocycles. The molecule has 0 aromatic heterocycles. The molecule has 2 aliphatic heterocycles. The average Bonchev–Trinajstić information content (AvgIpc) is 3.23. The number of hydrogen-bond acceptors (Lipinski definition) is 2. The summed E-state index contributed by atoms with van der Waals surface area (Å²) in [5.41, 5.74) is 2.67. The van der Waals surface area contributed by atoms with E-state index in [0.29, 0.717) is 43.5 Å². The summed E-state index contributed by atoms with van der Waals surface area (Å²) in [6, 6.07) is 8.69. The number of hydrogen-bond donors (Lipinski definition) is 0. The van der Waals surface area contributed by atoms with Crippen molar-refractivity contribution in [2.75, 3.05) is 20.1 Å². The van der Waals surface area contributed by atoms with E-state index in [9.17, 15) is 22.8 Å². The molecule has 2 fully saturated rings. The summed E-state index contributed by atoms with van der Waals surface area (Å²) in [6.45, 7) is 18.0. The Balaban J connectivity index is 1.76. The first kappa shape index (κ1) is 32.4. The number of nitrogens with zero attached hydrogens (tertiary/aromatic N) is 3. The Bertz CT molecular complexity index is 1390. The van der Waals surface area contributed by atoms with E-state index in [1.807, 2.05) is 49.6 Å². The zero-order chi connectivity index (χ0) is 31.9. The Kier molecular flexibility index (Phi) is 9.19. The molecule has 8 heteroatoms. The maximum atomic E-state index is 14.4. The molecule has 0 spiro atoms. The first-order valence-electron chi connectivity index (χ1n) is 15.0. The van der Waals surface area contributed by atoms with Crippen LogP contribution in [0, 0.1) is 19.3 Å². The lowest BCUT2D eigenvalue weighted by atomic mass is 9.76. The van der Waals surface area contributed by atoms with Crippen molar-refractivity contribution in [3.8, 4) is 0 Å². The second kappa shape index (κ2) is 12.2. The minimum atomic E-state index is -4.50. The summed E-state index contributed by atoms with van der Waals surface area (Å²) in [5.74, 6) is -0.0473. The molecular formula is C35H44F3N3O2. The number of carbonyl (C=O) groups is 2. The van der Waals surface area contributed by atoms with E-state index in [2.05, 4.69) is 19.2 Å². The molecule has 0 bridgehead atoms. The van der Waals surface area contributed by atoms with E-state index in [1.54, 1.807) is 32.2 Å². The fourth-order valence-corrected chi connectivity index (χ4v) is 6.82. The number of halogens is 3. The molecule has 0 unspecified atom stereocenters. The molecule has 4 rings (SSSR count). The topological polar surface area (TPSA) is 43.9 Å². The van der Waals surface area contributed by atoms with Crippen LogP contribution in [0.3, 0.4) is 0 Å². The molecular weight excluding hydrogens is 551 g/mol. The molecule has 2 aliphatic rings. The molecule has 0 aliphatic carbocycles. The molecule has 2 heterocycles. The Morgan fingerprint density at radius 2 is 1.67 bits per heavy atom. The van der Waals surface area contributed by atoms with Gasteiger partial charge in [-0.3, -0.25) is 4.79 Å². The van der Waals surface area contributed by atoms with Crippen molar-refractivity contribution in [3.05, 3.63) is 95.1 Å². The van der Waals surface area contributed by atoms with Crippen molar-refractivity contribution in [2.24, 2.45) is 5.41 Å². The normalized spacial score (nSPS) is 20.7. The van der Waals surface area contributed by atoms with Crippen LogP contribution in [0.1, 0.15) is 91.4 Å². The van der Waals surface area contributed by atoms with Crippen molar-refractivity contribution < 1.29 is 22.8 Å². The molecule has 5 nitrogen and oxygen atoms in total. The zero-order valence-electron chi connectivity index (χ0n) is 26.2. The monoisotopic (exact) mass is 595 g/mol. The highest BCUT2D eigenvalue weighted by molar-refractivity contribution is 5.87. The van der Waals surface area contributed by atoms with Gasteiger partial charge in [-0.1, -0.05) is 55.8 Å². The Labute approximate surface area is 254 Å². The molecule has 232 valence electrons. The second-order valence-electron chi connectivity index (χ2n) is 12.6. The van der Waals surface area contributed by atoms with Gasteiger partial charge in [0.25, 0.3) is 0 Å². The van der Waals surface area contributed by atoms with E-state index < -0.39 is 29.2 Å². The van der Waals surface area contributed by atoms with Gasteiger partial charge < -0.3 is 14.7 Å². The van der Waals surface area contributed by atoms with Gasteiger partial charge in [-0.05, 0) is 80.3 Å². The molecule has 43 heavy (non-hydrogen) atoms. The summed E-state index contributed by atoms with van der Waals surface area (Å²) >= 11 is 0. The third-order valence-corrected chi connectivity index (χ3v) is 9.40. The van der Waals surface area contributed by atoms with Crippen LogP contribution in [-0.4, -0.2) is 52.8 Å². The average molecular weight is 596 g/mol. The van der Waals surface area contributed by atoms with Gasteiger partial charge in [0.05, 0.1) is 29.1 Å². The van der Waals surface area contributed by atoms with Crippen molar-refractivity contribution >= 4 is 11.9 Å². The summed E-state index contributed by atoms with van der Waals surface area (Å²) < 4.78 is 41.5. The third kappa shape index (κ3) is 6.11. The molecule has 0 saturated carbocycles. The maximum Gasteiger partial charge on any atom is 0.416 e. The lowest BCUT2D eigenvalue weighted by molar-refractivity contribution is -0.139. The fourth-order valence-electron chi connectivity index (χ4n) is 6.82. The third-order valence-electron chi connectivity index (χ3n) is 9.40. The number of aryl methyl sites for hydroxylation is 2. The van der Waals surface area contributed by atoms with Gasteiger partial charge in [-0.15, -0.1) is 13.2 Å². The summed E-state index contributed by atoms with van der Waals surface area (Å²) in [5, 5.41) is 0. The molecule has 2 aromatic rings. The summed E-state index contributed by atoms with van der Waals surface area (Å²) in [7, 11) is 1.65. The number of urea groups is 1. The number of allylic oxidation sites excluding steroid dienone is 2. The zero-order valence-corrected chi connectivity index (χ0v) is 26.2. The number of alkyl halides is 3. The quantitative estimate of drug-likeness (QED) is 0.288. The van der Waals surface area contributed by atoms with Crippen LogP contribution in [0.2, 0.25) is 0 Å². The van der Waals surface area contributed by atoms with Crippen LogP contribution in [0.25, 0.3) is 0 Å². The van der Waals surface area contributed by atoms with E-state index in [4.69, 9.17) is 0 Å². The largest absolute Gasteiger partial charge is 0.416 e. The van der Waals surface area contributed by atoms with E-state index >= 15 is 0 Å². The van der Waals surface area contributed by atoms with Gasteiger partial charge in [-0.25, -0.2) is 4.79 Å². The van der Waals surface area contributed by atoms with Crippen LogP contribution in [0.15, 0.2) is 61.7 Å². The Hall–Kier alpha value is -3.55. The number of rotatable bonds is 8. The van der Waals surface area contributed by atoms with E-state index in [-0.39, 0.29) is 23.9 Å². The Morgan fingerprint density at radius 1 is 1.05 bits per heavy atom. The molecule has 0 N–H and O–H groups in total. The fraction of sp³-hybridized carbons (Fsp3) is 0.486. The number of carbonyl (C=O) groups excluding carboxylic acids is 2. The van der Waals surface area contributed by atoms with Crippen molar-refractivity contribution in [1.29, 1.82) is 0 Å². The predicted molar refractivity (Wildman–Crippen MR) is 165 cm³/mol. The van der Waals surface area contributed by atoms with Crippen LogP contribution in [-0.2, 0) is 11.0 Å². The van der Waals surface area contributed by atoms with Crippen LogP contribution >= 0.6 is 0 Å². The van der Waals surface area contributed by atoms with Gasteiger partial charge >= 0.3 is 12.2 Å². The lowest BCUT2D eigenvalue weighted by Crippen LogP contribution is -2.57. The van der Waals surface area contributed by atoms with Crippen molar-refractivity contribution in [1.82, 2.24) is 14.7 Å². The highest BCUT2D eigenvalue weighted by Crippen LogP contribution is 2.50. The van der Waals surface area contributed by atoms with Crippen molar-refractivity contribution in [3.63, 3.8) is 0 Å². The van der Waals surface area contributed by atoms with E-state index in [0.717, 1.165) is 22.8 Å².